The van der Waals surface area contributed by atoms with Crippen LogP contribution in [0.2, 0.25) is 0 Å². The minimum absolute atomic E-state index is 0.0758. The van der Waals surface area contributed by atoms with Crippen LogP contribution in [0.3, 0.4) is 0 Å². The Morgan fingerprint density at radius 1 is 1.42 bits per heavy atom. The van der Waals surface area contributed by atoms with Crippen LogP contribution in [0.5, 0.6) is 0 Å². The number of aromatic nitrogens is 2. The van der Waals surface area contributed by atoms with Gasteiger partial charge in [0.25, 0.3) is 0 Å². The molecule has 0 radical (unpaired) electrons. The van der Waals surface area contributed by atoms with E-state index in [1.165, 1.54) is 31.4 Å². The molecule has 1 N–H and O–H groups in total. The molecule has 19 heavy (non-hydrogen) atoms. The minimum atomic E-state index is 0.0758. The Labute approximate surface area is 115 Å². The molecule has 0 saturated carbocycles. The summed E-state index contributed by atoms with van der Waals surface area (Å²) >= 11 is 0. The normalized spacial score (nSPS) is 36.3. The van der Waals surface area contributed by atoms with Crippen LogP contribution in [0.25, 0.3) is 0 Å². The molecular formula is C15H25N3O. The van der Waals surface area contributed by atoms with E-state index in [0.29, 0.717) is 12.1 Å². The van der Waals surface area contributed by atoms with Crippen molar-refractivity contribution in [3.8, 4) is 0 Å². The average molecular weight is 263 g/mol. The molecule has 1 aromatic heterocycles. The number of hydrogen-bond donors (Lipinski definition) is 1. The number of ether oxygens (including phenoxy) is 1. The van der Waals surface area contributed by atoms with Crippen LogP contribution >= 0.6 is 0 Å². The van der Waals surface area contributed by atoms with Gasteiger partial charge in [0.05, 0.1) is 24.2 Å². The zero-order valence-corrected chi connectivity index (χ0v) is 12.1. The van der Waals surface area contributed by atoms with Gasteiger partial charge < -0.3 is 14.6 Å². The van der Waals surface area contributed by atoms with Crippen molar-refractivity contribution < 1.29 is 4.74 Å². The third-order valence-electron chi connectivity index (χ3n) is 4.64. The molecule has 3 atom stereocenters. The van der Waals surface area contributed by atoms with Crippen LogP contribution in [-0.4, -0.2) is 28.8 Å². The predicted molar refractivity (Wildman–Crippen MR) is 75.1 cm³/mol. The summed E-state index contributed by atoms with van der Waals surface area (Å²) in [5.41, 5.74) is 1.41. The number of nitrogens with one attached hydrogen (secondary N) is 1. The van der Waals surface area contributed by atoms with Crippen LogP contribution in [0.4, 0.5) is 0 Å². The quantitative estimate of drug-likeness (QED) is 0.891. The van der Waals surface area contributed by atoms with Crippen molar-refractivity contribution >= 4 is 0 Å². The van der Waals surface area contributed by atoms with E-state index >= 15 is 0 Å². The maximum absolute atomic E-state index is 5.70. The highest BCUT2D eigenvalue weighted by Crippen LogP contribution is 2.33. The number of hydrogen-bond acceptors (Lipinski definition) is 3. The van der Waals surface area contributed by atoms with Gasteiger partial charge in [-0.25, -0.2) is 4.98 Å². The van der Waals surface area contributed by atoms with Crippen molar-refractivity contribution in [3.63, 3.8) is 0 Å². The summed E-state index contributed by atoms with van der Waals surface area (Å²) in [6.45, 7) is 6.28. The molecule has 106 valence electrons. The first-order chi connectivity index (χ1) is 9.19. The molecule has 0 amide bonds. The summed E-state index contributed by atoms with van der Waals surface area (Å²) in [7, 11) is 0. The summed E-state index contributed by atoms with van der Waals surface area (Å²) in [5.74, 6) is 0. The Hall–Kier alpha value is -0.870. The second kappa shape index (κ2) is 5.25. The minimum Gasteiger partial charge on any atom is -0.379 e. The zero-order chi connectivity index (χ0) is 13.3. The number of piperidine rings is 1. The van der Waals surface area contributed by atoms with Gasteiger partial charge in [0.2, 0.25) is 0 Å². The Morgan fingerprint density at radius 3 is 3.05 bits per heavy atom. The second-order valence-corrected chi connectivity index (χ2v) is 6.39. The van der Waals surface area contributed by atoms with Crippen molar-refractivity contribution in [2.45, 2.75) is 63.6 Å². The Balaban J connectivity index is 1.85. The highest BCUT2D eigenvalue weighted by atomic mass is 16.5. The average Bonchev–Trinajstić information content (AvgIpc) is 2.89. The predicted octanol–water partition coefficient (Wildman–Crippen LogP) is 2.61. The van der Waals surface area contributed by atoms with E-state index in [-0.39, 0.29) is 5.54 Å². The Bertz CT molecular complexity index is 423. The van der Waals surface area contributed by atoms with Gasteiger partial charge in [0, 0.05) is 24.9 Å². The molecule has 2 aliphatic rings. The molecule has 3 rings (SSSR count). The van der Waals surface area contributed by atoms with Crippen molar-refractivity contribution in [2.75, 3.05) is 13.2 Å². The third-order valence-corrected chi connectivity index (χ3v) is 4.64. The lowest BCUT2D eigenvalue weighted by Gasteiger charge is -2.38. The van der Waals surface area contributed by atoms with Gasteiger partial charge in [-0.3, -0.25) is 0 Å². The maximum Gasteiger partial charge on any atom is 0.0954 e. The van der Waals surface area contributed by atoms with Gasteiger partial charge in [-0.15, -0.1) is 0 Å². The van der Waals surface area contributed by atoms with E-state index < -0.39 is 0 Å². The zero-order valence-electron chi connectivity index (χ0n) is 12.1. The summed E-state index contributed by atoms with van der Waals surface area (Å²) < 4.78 is 8.07. The highest BCUT2D eigenvalue weighted by molar-refractivity contribution is 5.11. The third kappa shape index (κ3) is 2.56. The fourth-order valence-corrected chi connectivity index (χ4v) is 3.49. The lowest BCUT2D eigenvalue weighted by molar-refractivity contribution is 0.00729. The Morgan fingerprint density at radius 2 is 2.32 bits per heavy atom. The van der Waals surface area contributed by atoms with Gasteiger partial charge >= 0.3 is 0 Å². The van der Waals surface area contributed by atoms with Gasteiger partial charge in [-0.05, 0) is 46.0 Å². The van der Waals surface area contributed by atoms with Crippen LogP contribution in [-0.2, 0) is 10.3 Å². The monoisotopic (exact) mass is 263 g/mol. The lowest BCUT2D eigenvalue weighted by Crippen LogP contribution is -2.42. The van der Waals surface area contributed by atoms with E-state index in [4.69, 9.17) is 4.74 Å². The van der Waals surface area contributed by atoms with E-state index in [9.17, 15) is 0 Å². The van der Waals surface area contributed by atoms with Gasteiger partial charge in [0.15, 0.2) is 0 Å². The van der Waals surface area contributed by atoms with Crippen molar-refractivity contribution in [3.05, 3.63) is 18.2 Å². The largest absolute Gasteiger partial charge is 0.379 e. The van der Waals surface area contributed by atoms with Crippen LogP contribution < -0.4 is 5.32 Å². The summed E-state index contributed by atoms with van der Waals surface area (Å²) in [5, 5.41) is 3.71. The van der Waals surface area contributed by atoms with Crippen molar-refractivity contribution in [2.24, 2.45) is 0 Å². The first-order valence-corrected chi connectivity index (χ1v) is 7.55. The Kier molecular flexibility index (Phi) is 3.63. The molecule has 0 aromatic carbocycles. The van der Waals surface area contributed by atoms with Crippen molar-refractivity contribution in [1.82, 2.24) is 14.9 Å². The first kappa shape index (κ1) is 13.1. The molecule has 0 aliphatic carbocycles. The molecule has 2 saturated heterocycles. The molecule has 0 bridgehead atoms. The molecular weight excluding hydrogens is 238 g/mol. The molecule has 1 aromatic rings. The molecule has 4 nitrogen and oxygen atoms in total. The van der Waals surface area contributed by atoms with E-state index in [2.05, 4.69) is 28.7 Å². The van der Waals surface area contributed by atoms with E-state index in [1.807, 2.05) is 12.5 Å². The van der Waals surface area contributed by atoms with Crippen LogP contribution in [0.1, 0.15) is 57.7 Å². The summed E-state index contributed by atoms with van der Waals surface area (Å²) in [4.78, 5) is 4.41. The van der Waals surface area contributed by atoms with Gasteiger partial charge in [-0.2, -0.15) is 0 Å². The molecule has 3 unspecified atom stereocenters. The highest BCUT2D eigenvalue weighted by Gasteiger charge is 2.33. The molecule has 3 heterocycles. The smallest absolute Gasteiger partial charge is 0.0954 e. The van der Waals surface area contributed by atoms with Crippen molar-refractivity contribution in [1.29, 1.82) is 0 Å². The number of nitrogens with zero attached hydrogens (tertiary/aromatic N) is 2. The first-order valence-electron chi connectivity index (χ1n) is 7.55. The second-order valence-electron chi connectivity index (χ2n) is 6.39. The van der Waals surface area contributed by atoms with Gasteiger partial charge in [-0.1, -0.05) is 0 Å². The van der Waals surface area contributed by atoms with E-state index in [0.717, 1.165) is 19.6 Å². The molecule has 2 aliphatic heterocycles. The number of rotatable bonds is 2. The summed E-state index contributed by atoms with van der Waals surface area (Å²) in [6.07, 6.45) is 10.1. The molecule has 0 spiro atoms. The van der Waals surface area contributed by atoms with Crippen LogP contribution in [0, 0.1) is 0 Å². The molecule has 4 heteroatoms. The fraction of sp³-hybridized carbons (Fsp3) is 0.800. The fourth-order valence-electron chi connectivity index (χ4n) is 3.49. The number of imidazole rings is 1. The van der Waals surface area contributed by atoms with Gasteiger partial charge in [0.1, 0.15) is 0 Å². The maximum atomic E-state index is 5.70. The SMILES string of the molecule is CC1CCCC(c2cncn2C2(C)CCCOC2)N1. The lowest BCUT2D eigenvalue weighted by atomic mass is 9.92. The standard InChI is InChI=1S/C15H25N3O/c1-12-5-3-6-13(17-12)14-9-16-11-18(14)15(2)7-4-8-19-10-15/h9,11-13,17H,3-8,10H2,1-2H3. The van der Waals surface area contributed by atoms with E-state index in [1.54, 1.807) is 0 Å². The van der Waals surface area contributed by atoms with Crippen LogP contribution in [0.15, 0.2) is 12.5 Å². The topological polar surface area (TPSA) is 39.1 Å². The molecule has 2 fully saturated rings. The summed E-state index contributed by atoms with van der Waals surface area (Å²) in [6, 6.07) is 1.06.